The van der Waals surface area contributed by atoms with E-state index in [2.05, 4.69) is 6.58 Å². The fraction of sp³-hybridized carbons (Fsp3) is 0.727. The van der Waals surface area contributed by atoms with Crippen molar-refractivity contribution >= 4 is 5.78 Å². The molecule has 0 heterocycles. The Kier molecular flexibility index (Phi) is 3.51. The lowest BCUT2D eigenvalue weighted by atomic mass is 9.76. The van der Waals surface area contributed by atoms with Crippen molar-refractivity contribution < 1.29 is 4.79 Å². The lowest BCUT2D eigenvalue weighted by Crippen LogP contribution is -2.25. The third-order valence-corrected chi connectivity index (χ3v) is 2.88. The van der Waals surface area contributed by atoms with Gasteiger partial charge in [0.2, 0.25) is 0 Å². The van der Waals surface area contributed by atoms with Crippen LogP contribution in [0.3, 0.4) is 0 Å². The van der Waals surface area contributed by atoms with Crippen molar-refractivity contribution in [1.29, 1.82) is 0 Å². The van der Waals surface area contributed by atoms with E-state index in [-0.39, 0.29) is 0 Å². The highest BCUT2D eigenvalue weighted by molar-refractivity contribution is 5.81. The first kappa shape index (κ1) is 9.50. The predicted octanol–water partition coefficient (Wildman–Crippen LogP) is 2.96. The molecule has 0 saturated heterocycles. The van der Waals surface area contributed by atoms with Crippen LogP contribution in [0.5, 0.6) is 0 Å². The molecule has 1 saturated carbocycles. The Hall–Kier alpha value is -0.590. The standard InChI is InChI=1S/C11H18O/c1-3-9-7-5-6-8-10(9)11(12)4-2/h3,9-10H,1,4-8H2,2H3. The van der Waals surface area contributed by atoms with E-state index in [1.54, 1.807) is 0 Å². The van der Waals surface area contributed by atoms with Crippen molar-refractivity contribution in [2.75, 3.05) is 0 Å². The van der Waals surface area contributed by atoms with E-state index < -0.39 is 0 Å². The summed E-state index contributed by atoms with van der Waals surface area (Å²) in [5.41, 5.74) is 0. The van der Waals surface area contributed by atoms with Crippen LogP contribution in [0.2, 0.25) is 0 Å². The molecule has 1 fully saturated rings. The Bertz CT molecular complexity index is 172. The van der Waals surface area contributed by atoms with Gasteiger partial charge in [0.1, 0.15) is 5.78 Å². The summed E-state index contributed by atoms with van der Waals surface area (Å²) in [6.07, 6.45) is 7.40. The van der Waals surface area contributed by atoms with Gasteiger partial charge < -0.3 is 0 Å². The van der Waals surface area contributed by atoms with Gasteiger partial charge >= 0.3 is 0 Å². The molecule has 1 heteroatoms. The molecule has 68 valence electrons. The topological polar surface area (TPSA) is 17.1 Å². The summed E-state index contributed by atoms with van der Waals surface area (Å²) in [6.45, 7) is 5.75. The zero-order valence-electron chi connectivity index (χ0n) is 7.88. The summed E-state index contributed by atoms with van der Waals surface area (Å²) < 4.78 is 0. The van der Waals surface area contributed by atoms with Crippen LogP contribution in [-0.4, -0.2) is 5.78 Å². The van der Waals surface area contributed by atoms with Crippen molar-refractivity contribution in [2.24, 2.45) is 11.8 Å². The molecule has 0 radical (unpaired) electrons. The zero-order valence-corrected chi connectivity index (χ0v) is 7.88. The van der Waals surface area contributed by atoms with E-state index in [0.717, 1.165) is 6.42 Å². The second-order valence-electron chi connectivity index (χ2n) is 3.61. The number of rotatable bonds is 3. The van der Waals surface area contributed by atoms with Crippen molar-refractivity contribution in [3.63, 3.8) is 0 Å². The number of Topliss-reactive ketones (excluding diaryl/α,β-unsaturated/α-hetero) is 1. The smallest absolute Gasteiger partial charge is 0.136 e. The van der Waals surface area contributed by atoms with Crippen LogP contribution in [0.1, 0.15) is 39.0 Å². The van der Waals surface area contributed by atoms with Crippen LogP contribution in [0.4, 0.5) is 0 Å². The van der Waals surface area contributed by atoms with Crippen LogP contribution in [0, 0.1) is 11.8 Å². The van der Waals surface area contributed by atoms with E-state index in [9.17, 15) is 4.79 Å². The average Bonchev–Trinajstić information content (AvgIpc) is 2.16. The molecular weight excluding hydrogens is 148 g/mol. The van der Waals surface area contributed by atoms with Crippen molar-refractivity contribution in [3.05, 3.63) is 12.7 Å². The van der Waals surface area contributed by atoms with Crippen molar-refractivity contribution in [3.8, 4) is 0 Å². The summed E-state index contributed by atoms with van der Waals surface area (Å²) >= 11 is 0. The summed E-state index contributed by atoms with van der Waals surface area (Å²) in [7, 11) is 0. The maximum absolute atomic E-state index is 11.5. The third kappa shape index (κ3) is 1.96. The summed E-state index contributed by atoms with van der Waals surface area (Å²) in [4.78, 5) is 11.5. The highest BCUT2D eigenvalue weighted by Crippen LogP contribution is 2.31. The summed E-state index contributed by atoms with van der Waals surface area (Å²) in [5.74, 6) is 1.19. The molecule has 1 rings (SSSR count). The first-order chi connectivity index (χ1) is 5.79. The highest BCUT2D eigenvalue weighted by Gasteiger charge is 2.27. The van der Waals surface area contributed by atoms with Crippen molar-refractivity contribution in [2.45, 2.75) is 39.0 Å². The van der Waals surface area contributed by atoms with Gasteiger partial charge in [0.15, 0.2) is 0 Å². The number of ketones is 1. The second-order valence-corrected chi connectivity index (χ2v) is 3.61. The van der Waals surface area contributed by atoms with Gasteiger partial charge in [-0.25, -0.2) is 0 Å². The highest BCUT2D eigenvalue weighted by atomic mass is 16.1. The molecule has 0 spiro atoms. The lowest BCUT2D eigenvalue weighted by Gasteiger charge is -2.27. The second kappa shape index (κ2) is 4.44. The minimum absolute atomic E-state index is 0.293. The van der Waals surface area contributed by atoms with E-state index in [0.29, 0.717) is 24.0 Å². The Labute approximate surface area is 74.9 Å². The van der Waals surface area contributed by atoms with Crippen LogP contribution in [0.15, 0.2) is 12.7 Å². The molecule has 0 aromatic rings. The zero-order chi connectivity index (χ0) is 8.97. The van der Waals surface area contributed by atoms with Gasteiger partial charge in [0.25, 0.3) is 0 Å². The molecule has 1 aliphatic rings. The van der Waals surface area contributed by atoms with Gasteiger partial charge in [-0.2, -0.15) is 0 Å². The lowest BCUT2D eigenvalue weighted by molar-refractivity contribution is -0.124. The Morgan fingerprint density at radius 1 is 1.50 bits per heavy atom. The SMILES string of the molecule is C=CC1CCCCC1C(=O)CC. The predicted molar refractivity (Wildman–Crippen MR) is 50.9 cm³/mol. The molecule has 0 aromatic heterocycles. The molecular formula is C11H18O. The van der Waals surface area contributed by atoms with Gasteiger partial charge in [-0.15, -0.1) is 6.58 Å². The van der Waals surface area contributed by atoms with Gasteiger partial charge in [-0.05, 0) is 18.8 Å². The van der Waals surface area contributed by atoms with Gasteiger partial charge in [0, 0.05) is 12.3 Å². The molecule has 0 N–H and O–H groups in total. The van der Waals surface area contributed by atoms with E-state index >= 15 is 0 Å². The van der Waals surface area contributed by atoms with Crippen LogP contribution in [0.25, 0.3) is 0 Å². The molecule has 1 aliphatic carbocycles. The number of hydrogen-bond donors (Lipinski definition) is 0. The van der Waals surface area contributed by atoms with Crippen LogP contribution in [-0.2, 0) is 4.79 Å². The van der Waals surface area contributed by atoms with Crippen LogP contribution >= 0.6 is 0 Å². The fourth-order valence-electron chi connectivity index (χ4n) is 2.10. The molecule has 0 aliphatic heterocycles. The minimum Gasteiger partial charge on any atom is -0.299 e. The maximum atomic E-state index is 11.5. The first-order valence-electron chi connectivity index (χ1n) is 4.94. The number of carbonyl (C=O) groups excluding carboxylic acids is 1. The number of carbonyl (C=O) groups is 1. The quantitative estimate of drug-likeness (QED) is 0.589. The molecule has 0 aromatic carbocycles. The largest absolute Gasteiger partial charge is 0.299 e. The third-order valence-electron chi connectivity index (χ3n) is 2.88. The molecule has 12 heavy (non-hydrogen) atoms. The van der Waals surface area contributed by atoms with E-state index in [1.807, 2.05) is 13.0 Å². The Morgan fingerprint density at radius 3 is 2.75 bits per heavy atom. The number of hydrogen-bond acceptors (Lipinski definition) is 1. The van der Waals surface area contributed by atoms with Gasteiger partial charge in [-0.1, -0.05) is 25.8 Å². The molecule has 2 atom stereocenters. The van der Waals surface area contributed by atoms with E-state index in [4.69, 9.17) is 0 Å². The van der Waals surface area contributed by atoms with E-state index in [1.165, 1.54) is 19.3 Å². The first-order valence-corrected chi connectivity index (χ1v) is 4.94. The average molecular weight is 166 g/mol. The van der Waals surface area contributed by atoms with Crippen molar-refractivity contribution in [1.82, 2.24) is 0 Å². The minimum atomic E-state index is 0.293. The summed E-state index contributed by atoms with van der Waals surface area (Å²) in [5, 5.41) is 0. The van der Waals surface area contributed by atoms with Gasteiger partial charge in [0.05, 0.1) is 0 Å². The molecule has 0 amide bonds. The molecule has 2 unspecified atom stereocenters. The summed E-state index contributed by atoms with van der Waals surface area (Å²) in [6, 6.07) is 0. The normalized spacial score (nSPS) is 29.8. The van der Waals surface area contributed by atoms with Gasteiger partial charge in [-0.3, -0.25) is 4.79 Å². The maximum Gasteiger partial charge on any atom is 0.136 e. The Morgan fingerprint density at radius 2 is 2.17 bits per heavy atom. The Balaban J connectivity index is 2.58. The number of allylic oxidation sites excluding steroid dienone is 1. The molecule has 0 bridgehead atoms. The van der Waals surface area contributed by atoms with Crippen LogP contribution < -0.4 is 0 Å². The fourth-order valence-corrected chi connectivity index (χ4v) is 2.10. The molecule has 1 nitrogen and oxygen atoms in total. The monoisotopic (exact) mass is 166 g/mol.